The Morgan fingerprint density at radius 2 is 2.42 bits per heavy atom. The van der Waals surface area contributed by atoms with Crippen LogP contribution in [0.3, 0.4) is 0 Å². The van der Waals surface area contributed by atoms with E-state index < -0.39 is 16.4 Å². The van der Waals surface area contributed by atoms with Crippen molar-refractivity contribution in [2.45, 2.75) is 25.8 Å². The van der Waals surface area contributed by atoms with Gasteiger partial charge in [0.15, 0.2) is 0 Å². The normalized spacial score (nSPS) is 14.2. The first-order valence-corrected chi connectivity index (χ1v) is 6.38. The standard InChI is InChI=1S/C10H12N4O4S/c1-3-10(2,8(15)16)12-6-7(14(17)18)13-4-5-19-9(13)11-6/h4-5,12H,3H2,1-2H3,(H,15,16). The van der Waals surface area contributed by atoms with Gasteiger partial charge in [0.25, 0.3) is 4.96 Å². The number of anilines is 1. The van der Waals surface area contributed by atoms with Crippen molar-refractivity contribution >= 4 is 33.9 Å². The molecule has 2 aromatic rings. The van der Waals surface area contributed by atoms with Gasteiger partial charge in [-0.25, -0.2) is 4.79 Å². The second-order valence-electron chi connectivity index (χ2n) is 4.21. The fourth-order valence-corrected chi connectivity index (χ4v) is 2.30. The maximum atomic E-state index is 11.2. The minimum absolute atomic E-state index is 0.0244. The summed E-state index contributed by atoms with van der Waals surface area (Å²) in [6.45, 7) is 3.15. The first-order chi connectivity index (χ1) is 8.89. The number of hydrogen-bond donors (Lipinski definition) is 2. The number of nitro groups is 1. The summed E-state index contributed by atoms with van der Waals surface area (Å²) in [5.74, 6) is -1.36. The second-order valence-corrected chi connectivity index (χ2v) is 5.09. The molecule has 2 heterocycles. The number of carboxylic acids is 1. The molecule has 0 aliphatic heterocycles. The smallest absolute Gasteiger partial charge is 0.372 e. The molecule has 2 rings (SSSR count). The zero-order valence-corrected chi connectivity index (χ0v) is 11.1. The number of imidazole rings is 1. The Bertz CT molecular complexity index is 649. The van der Waals surface area contributed by atoms with Gasteiger partial charge in [0.05, 0.1) is 0 Å². The summed E-state index contributed by atoms with van der Waals surface area (Å²) in [4.78, 5) is 26.3. The van der Waals surface area contributed by atoms with Crippen LogP contribution in [0.5, 0.6) is 0 Å². The number of aliphatic carboxylic acids is 1. The second kappa shape index (κ2) is 4.50. The van der Waals surface area contributed by atoms with E-state index in [1.807, 2.05) is 0 Å². The number of nitrogens with one attached hydrogen (secondary N) is 1. The molecule has 0 saturated carbocycles. The highest BCUT2D eigenvalue weighted by atomic mass is 32.1. The van der Waals surface area contributed by atoms with Gasteiger partial charge in [0, 0.05) is 5.38 Å². The third-order valence-electron chi connectivity index (χ3n) is 2.98. The highest BCUT2D eigenvalue weighted by molar-refractivity contribution is 7.15. The number of rotatable bonds is 5. The van der Waals surface area contributed by atoms with Gasteiger partial charge in [-0.1, -0.05) is 18.3 Å². The molecular weight excluding hydrogens is 272 g/mol. The highest BCUT2D eigenvalue weighted by Gasteiger charge is 2.35. The van der Waals surface area contributed by atoms with E-state index in [9.17, 15) is 20.0 Å². The van der Waals surface area contributed by atoms with Crippen LogP contribution in [0.15, 0.2) is 11.6 Å². The largest absolute Gasteiger partial charge is 0.480 e. The first kappa shape index (κ1) is 13.3. The van der Waals surface area contributed by atoms with E-state index in [0.717, 1.165) is 0 Å². The Balaban J connectivity index is 2.50. The van der Waals surface area contributed by atoms with Gasteiger partial charge in [0.2, 0.25) is 5.82 Å². The zero-order valence-electron chi connectivity index (χ0n) is 10.3. The molecule has 2 N–H and O–H groups in total. The van der Waals surface area contributed by atoms with Crippen LogP contribution in [0.4, 0.5) is 11.6 Å². The van der Waals surface area contributed by atoms with Gasteiger partial charge >= 0.3 is 11.8 Å². The van der Waals surface area contributed by atoms with Crippen molar-refractivity contribution in [1.29, 1.82) is 0 Å². The molecule has 9 heteroatoms. The Labute approximate surface area is 111 Å². The zero-order chi connectivity index (χ0) is 14.2. The van der Waals surface area contributed by atoms with Gasteiger partial charge in [0.1, 0.15) is 11.7 Å². The molecule has 0 aliphatic rings. The van der Waals surface area contributed by atoms with Gasteiger partial charge in [-0.2, -0.15) is 9.38 Å². The topological polar surface area (TPSA) is 110 Å². The summed E-state index contributed by atoms with van der Waals surface area (Å²) in [5.41, 5.74) is -1.30. The monoisotopic (exact) mass is 284 g/mol. The van der Waals surface area contributed by atoms with E-state index in [2.05, 4.69) is 10.3 Å². The molecule has 0 fully saturated rings. The Hall–Kier alpha value is -2.16. The van der Waals surface area contributed by atoms with Crippen molar-refractivity contribution in [2.75, 3.05) is 5.32 Å². The predicted molar refractivity (Wildman–Crippen MR) is 69.7 cm³/mol. The SMILES string of the molecule is CCC(C)(Nc1nc2sccn2c1[N+](=O)[O-])C(=O)O. The molecule has 0 saturated heterocycles. The summed E-state index contributed by atoms with van der Waals surface area (Å²) in [6, 6.07) is 0. The molecule has 0 spiro atoms. The van der Waals surface area contributed by atoms with E-state index in [1.165, 1.54) is 28.9 Å². The molecular formula is C10H12N4O4S. The number of hydrogen-bond acceptors (Lipinski definition) is 6. The number of carboxylic acid groups (broad SMARTS) is 1. The summed E-state index contributed by atoms with van der Waals surface area (Å²) in [5, 5.41) is 24.6. The summed E-state index contributed by atoms with van der Waals surface area (Å²) < 4.78 is 1.32. The lowest BCUT2D eigenvalue weighted by atomic mass is 9.99. The first-order valence-electron chi connectivity index (χ1n) is 5.50. The summed E-state index contributed by atoms with van der Waals surface area (Å²) >= 11 is 1.24. The quantitative estimate of drug-likeness (QED) is 0.641. The molecule has 1 atom stereocenters. The molecule has 0 amide bonds. The summed E-state index contributed by atoms with van der Waals surface area (Å²) in [7, 11) is 0. The fraction of sp³-hybridized carbons (Fsp3) is 0.400. The van der Waals surface area contributed by atoms with E-state index >= 15 is 0 Å². The van der Waals surface area contributed by atoms with Crippen LogP contribution >= 0.6 is 11.3 Å². The molecule has 0 radical (unpaired) electrons. The minimum atomic E-state index is -1.30. The number of fused-ring (bicyclic) bond motifs is 1. The van der Waals surface area contributed by atoms with Crippen LogP contribution < -0.4 is 5.32 Å². The third kappa shape index (κ3) is 2.12. The van der Waals surface area contributed by atoms with E-state index in [4.69, 9.17) is 0 Å². The number of carbonyl (C=O) groups is 1. The third-order valence-corrected chi connectivity index (χ3v) is 3.74. The van der Waals surface area contributed by atoms with Gasteiger partial charge in [-0.05, 0) is 18.3 Å². The molecule has 102 valence electrons. The van der Waals surface area contributed by atoms with Crippen molar-refractivity contribution in [2.24, 2.45) is 0 Å². The highest BCUT2D eigenvalue weighted by Crippen LogP contribution is 2.30. The lowest BCUT2D eigenvalue weighted by Crippen LogP contribution is -2.42. The summed E-state index contributed by atoms with van der Waals surface area (Å²) in [6.07, 6.45) is 1.80. The van der Waals surface area contributed by atoms with E-state index in [1.54, 1.807) is 12.3 Å². The van der Waals surface area contributed by atoms with Crippen molar-refractivity contribution in [1.82, 2.24) is 9.38 Å². The van der Waals surface area contributed by atoms with Crippen LogP contribution in [0.2, 0.25) is 0 Å². The number of nitrogens with zero attached hydrogens (tertiary/aromatic N) is 3. The number of thiazole rings is 1. The molecule has 0 aromatic carbocycles. The van der Waals surface area contributed by atoms with Gasteiger partial charge < -0.3 is 20.5 Å². The molecule has 0 aliphatic carbocycles. The fourth-order valence-electron chi connectivity index (χ4n) is 1.59. The Kier molecular flexibility index (Phi) is 3.14. The molecule has 2 aromatic heterocycles. The molecule has 0 bridgehead atoms. The van der Waals surface area contributed by atoms with Crippen molar-refractivity contribution < 1.29 is 14.8 Å². The van der Waals surface area contributed by atoms with Crippen molar-refractivity contribution in [3.8, 4) is 0 Å². The average Bonchev–Trinajstić information content (AvgIpc) is 2.87. The maximum absolute atomic E-state index is 11.2. The minimum Gasteiger partial charge on any atom is -0.480 e. The van der Waals surface area contributed by atoms with Crippen molar-refractivity contribution in [3.63, 3.8) is 0 Å². The molecule has 8 nitrogen and oxygen atoms in total. The van der Waals surface area contributed by atoms with Crippen molar-refractivity contribution in [3.05, 3.63) is 21.7 Å². The van der Waals surface area contributed by atoms with Crippen LogP contribution in [0, 0.1) is 10.1 Å². The molecule has 1 unspecified atom stereocenters. The maximum Gasteiger partial charge on any atom is 0.372 e. The van der Waals surface area contributed by atoms with Gasteiger partial charge in [-0.3, -0.25) is 0 Å². The van der Waals surface area contributed by atoms with Crippen LogP contribution in [-0.2, 0) is 4.79 Å². The number of aromatic nitrogens is 2. The van der Waals surface area contributed by atoms with Crippen LogP contribution in [-0.4, -0.2) is 30.9 Å². The van der Waals surface area contributed by atoms with E-state index in [-0.39, 0.29) is 18.1 Å². The lowest BCUT2D eigenvalue weighted by Gasteiger charge is -2.23. The Morgan fingerprint density at radius 3 is 2.95 bits per heavy atom. The van der Waals surface area contributed by atoms with E-state index in [0.29, 0.717) is 4.96 Å². The van der Waals surface area contributed by atoms with Gasteiger partial charge in [-0.15, -0.1) is 0 Å². The lowest BCUT2D eigenvalue weighted by molar-refractivity contribution is -0.389. The predicted octanol–water partition coefficient (Wildman–Crippen LogP) is 1.97. The Morgan fingerprint density at radius 1 is 1.74 bits per heavy atom. The van der Waals surface area contributed by atoms with Crippen LogP contribution in [0.25, 0.3) is 4.96 Å². The average molecular weight is 284 g/mol. The molecule has 19 heavy (non-hydrogen) atoms. The van der Waals surface area contributed by atoms with Crippen LogP contribution in [0.1, 0.15) is 20.3 Å².